The van der Waals surface area contributed by atoms with E-state index in [2.05, 4.69) is 42.9 Å². The Labute approximate surface area is 133 Å². The van der Waals surface area contributed by atoms with Crippen molar-refractivity contribution in [1.82, 2.24) is 15.2 Å². The summed E-state index contributed by atoms with van der Waals surface area (Å²) in [6, 6.07) is 0.700. The minimum Gasteiger partial charge on any atom is -0.350 e. The van der Waals surface area contributed by atoms with Gasteiger partial charge in [0.25, 0.3) is 0 Å². The van der Waals surface area contributed by atoms with Crippen molar-refractivity contribution in [3.05, 3.63) is 10.6 Å². The van der Waals surface area contributed by atoms with E-state index in [1.165, 1.54) is 41.6 Å². The first-order valence-electron chi connectivity index (χ1n) is 8.34. The number of aryl methyl sites for hydroxylation is 1. The molecule has 1 aliphatic rings. The number of hydrogen-bond acceptors (Lipinski definition) is 5. The van der Waals surface area contributed by atoms with E-state index in [0.29, 0.717) is 6.04 Å². The first-order chi connectivity index (χ1) is 10.2. The minimum atomic E-state index is 0.700. The summed E-state index contributed by atoms with van der Waals surface area (Å²) in [7, 11) is 2.20. The second-order valence-electron chi connectivity index (χ2n) is 5.81. The van der Waals surface area contributed by atoms with Crippen LogP contribution in [-0.4, -0.2) is 49.2 Å². The molecule has 0 aliphatic carbocycles. The summed E-state index contributed by atoms with van der Waals surface area (Å²) < 4.78 is 0. The molecule has 0 amide bonds. The number of aromatic nitrogens is 1. The number of likely N-dealkylation sites (N-methyl/N-ethyl adjacent to an activating group) is 2. The maximum Gasteiger partial charge on any atom is 0.185 e. The monoisotopic (exact) mass is 310 g/mol. The van der Waals surface area contributed by atoms with Gasteiger partial charge in [-0.1, -0.05) is 20.8 Å². The van der Waals surface area contributed by atoms with Gasteiger partial charge < -0.3 is 10.2 Å². The van der Waals surface area contributed by atoms with Gasteiger partial charge in [-0.05, 0) is 38.9 Å². The van der Waals surface area contributed by atoms with Crippen LogP contribution in [0.1, 0.15) is 44.2 Å². The predicted molar refractivity (Wildman–Crippen MR) is 92.4 cm³/mol. The number of nitrogens with one attached hydrogen (secondary N) is 1. The number of likely N-dealkylation sites (tertiary alicyclic amines) is 1. The first-order valence-corrected chi connectivity index (χ1v) is 9.15. The summed E-state index contributed by atoms with van der Waals surface area (Å²) >= 11 is 1.86. The van der Waals surface area contributed by atoms with E-state index in [-0.39, 0.29) is 0 Å². The fourth-order valence-corrected chi connectivity index (χ4v) is 4.19. The third kappa shape index (κ3) is 4.18. The van der Waals surface area contributed by atoms with Crippen LogP contribution in [0.5, 0.6) is 0 Å². The molecule has 1 fully saturated rings. The molecule has 1 unspecified atom stereocenters. The van der Waals surface area contributed by atoms with Gasteiger partial charge in [-0.15, -0.1) is 11.3 Å². The quantitative estimate of drug-likeness (QED) is 0.800. The van der Waals surface area contributed by atoms with Gasteiger partial charge in [0.1, 0.15) is 0 Å². The summed E-state index contributed by atoms with van der Waals surface area (Å²) in [5.74, 6) is 0. The van der Waals surface area contributed by atoms with Crippen molar-refractivity contribution in [2.45, 2.75) is 52.6 Å². The van der Waals surface area contributed by atoms with Crippen LogP contribution in [0.4, 0.5) is 5.13 Å². The zero-order chi connectivity index (χ0) is 15.2. The Kier molecular flexibility index (Phi) is 6.45. The van der Waals surface area contributed by atoms with Crippen LogP contribution in [0, 0.1) is 0 Å². The van der Waals surface area contributed by atoms with Gasteiger partial charge in [0.15, 0.2) is 5.13 Å². The Morgan fingerprint density at radius 2 is 2.19 bits per heavy atom. The molecule has 1 aromatic heterocycles. The maximum absolute atomic E-state index is 4.86. The molecule has 4 nitrogen and oxygen atoms in total. The van der Waals surface area contributed by atoms with Crippen LogP contribution < -0.4 is 10.2 Å². The van der Waals surface area contributed by atoms with E-state index in [9.17, 15) is 0 Å². The molecule has 5 heteroatoms. The lowest BCUT2D eigenvalue weighted by molar-refractivity contribution is 0.270. The number of thiazole rings is 1. The molecular formula is C16H30N4S. The Bertz CT molecular complexity index is 432. The number of hydrogen-bond donors (Lipinski definition) is 1. The summed E-state index contributed by atoms with van der Waals surface area (Å²) in [6.45, 7) is 12.1. The molecule has 1 saturated heterocycles. The van der Waals surface area contributed by atoms with Crippen LogP contribution in [0.15, 0.2) is 0 Å². The zero-order valence-electron chi connectivity index (χ0n) is 14.0. The minimum absolute atomic E-state index is 0.700. The molecule has 21 heavy (non-hydrogen) atoms. The maximum atomic E-state index is 4.86. The Morgan fingerprint density at radius 3 is 2.86 bits per heavy atom. The van der Waals surface area contributed by atoms with E-state index in [1.54, 1.807) is 0 Å². The molecule has 0 saturated carbocycles. The lowest BCUT2D eigenvalue weighted by Gasteiger charge is -2.27. The van der Waals surface area contributed by atoms with Gasteiger partial charge in [-0.25, -0.2) is 4.98 Å². The predicted octanol–water partition coefficient (Wildman–Crippen LogP) is 2.74. The van der Waals surface area contributed by atoms with Gasteiger partial charge in [0.2, 0.25) is 0 Å². The molecule has 1 aromatic rings. The lowest BCUT2D eigenvalue weighted by atomic mass is 10.2. The van der Waals surface area contributed by atoms with Gasteiger partial charge in [-0.2, -0.15) is 0 Å². The normalized spacial score (nSPS) is 19.3. The molecule has 1 aliphatic heterocycles. The lowest BCUT2D eigenvalue weighted by Crippen LogP contribution is -2.38. The number of anilines is 1. The molecule has 2 heterocycles. The first kappa shape index (κ1) is 16.7. The summed E-state index contributed by atoms with van der Waals surface area (Å²) in [5.41, 5.74) is 1.27. The van der Waals surface area contributed by atoms with Crippen LogP contribution in [-0.2, 0) is 13.0 Å². The molecule has 1 N–H and O–H groups in total. The molecule has 120 valence electrons. The van der Waals surface area contributed by atoms with Crippen molar-refractivity contribution < 1.29 is 0 Å². The van der Waals surface area contributed by atoms with Crippen LogP contribution in [0.2, 0.25) is 0 Å². The van der Waals surface area contributed by atoms with E-state index >= 15 is 0 Å². The molecule has 1 atom stereocenters. The topological polar surface area (TPSA) is 31.4 Å². The van der Waals surface area contributed by atoms with Crippen molar-refractivity contribution in [2.24, 2.45) is 0 Å². The van der Waals surface area contributed by atoms with Gasteiger partial charge >= 0.3 is 0 Å². The summed E-state index contributed by atoms with van der Waals surface area (Å²) in [6.07, 6.45) is 3.69. The van der Waals surface area contributed by atoms with E-state index in [0.717, 1.165) is 26.1 Å². The van der Waals surface area contributed by atoms with Crippen molar-refractivity contribution >= 4 is 16.5 Å². The van der Waals surface area contributed by atoms with Crippen molar-refractivity contribution in [3.63, 3.8) is 0 Å². The SMILES string of the molecule is CCNCc1sc(N(C)CC2CCCN2CC)nc1CC. The highest BCUT2D eigenvalue weighted by molar-refractivity contribution is 7.15. The molecular weight excluding hydrogens is 280 g/mol. The number of rotatable bonds is 8. The van der Waals surface area contributed by atoms with Crippen molar-refractivity contribution in [3.8, 4) is 0 Å². The Hall–Kier alpha value is -0.650. The third-order valence-corrected chi connectivity index (χ3v) is 5.57. The van der Waals surface area contributed by atoms with Crippen molar-refractivity contribution in [2.75, 3.05) is 38.1 Å². The smallest absolute Gasteiger partial charge is 0.185 e. The standard InChI is InChI=1S/C16H30N4S/c1-5-14-15(11-17-6-2)21-16(18-14)19(4)12-13-9-8-10-20(13)7-3/h13,17H,5-12H2,1-4H3. The second kappa shape index (κ2) is 8.11. The average Bonchev–Trinajstić information content (AvgIpc) is 3.10. The van der Waals surface area contributed by atoms with Crippen LogP contribution >= 0.6 is 11.3 Å². The fourth-order valence-electron chi connectivity index (χ4n) is 3.10. The highest BCUT2D eigenvalue weighted by atomic mass is 32.1. The highest BCUT2D eigenvalue weighted by Crippen LogP contribution is 2.27. The Balaban J connectivity index is 2.01. The number of nitrogens with zero attached hydrogens (tertiary/aromatic N) is 3. The average molecular weight is 311 g/mol. The molecule has 0 bridgehead atoms. The summed E-state index contributed by atoms with van der Waals surface area (Å²) in [4.78, 5) is 11.2. The van der Waals surface area contributed by atoms with Crippen molar-refractivity contribution in [1.29, 1.82) is 0 Å². The fraction of sp³-hybridized carbons (Fsp3) is 0.812. The van der Waals surface area contributed by atoms with Gasteiger partial charge in [-0.3, -0.25) is 4.90 Å². The Morgan fingerprint density at radius 1 is 1.38 bits per heavy atom. The summed E-state index contributed by atoms with van der Waals surface area (Å²) in [5, 5.41) is 4.61. The molecule has 0 spiro atoms. The van der Waals surface area contributed by atoms with Gasteiger partial charge in [0, 0.05) is 31.1 Å². The molecule has 0 aromatic carbocycles. The largest absolute Gasteiger partial charge is 0.350 e. The zero-order valence-corrected chi connectivity index (χ0v) is 14.8. The van der Waals surface area contributed by atoms with E-state index in [1.807, 2.05) is 11.3 Å². The van der Waals surface area contributed by atoms with E-state index < -0.39 is 0 Å². The molecule has 0 radical (unpaired) electrons. The van der Waals surface area contributed by atoms with Crippen LogP contribution in [0.25, 0.3) is 0 Å². The van der Waals surface area contributed by atoms with Crippen LogP contribution in [0.3, 0.4) is 0 Å². The second-order valence-corrected chi connectivity index (χ2v) is 6.87. The van der Waals surface area contributed by atoms with E-state index in [4.69, 9.17) is 4.98 Å². The van der Waals surface area contributed by atoms with Gasteiger partial charge in [0.05, 0.1) is 5.69 Å². The molecule has 2 rings (SSSR count). The third-order valence-electron chi connectivity index (χ3n) is 4.35. The highest BCUT2D eigenvalue weighted by Gasteiger charge is 2.25.